The van der Waals surface area contributed by atoms with Gasteiger partial charge in [-0.3, -0.25) is 4.79 Å². The monoisotopic (exact) mass is 458 g/mol. The molecule has 1 saturated heterocycles. The number of amides is 1. The molecule has 0 unspecified atom stereocenters. The number of fused-ring (bicyclic) bond motifs is 1. The van der Waals surface area contributed by atoms with Crippen LogP contribution in [0.3, 0.4) is 0 Å². The van der Waals surface area contributed by atoms with Crippen molar-refractivity contribution in [3.63, 3.8) is 0 Å². The van der Waals surface area contributed by atoms with Crippen molar-refractivity contribution in [2.75, 3.05) is 39.5 Å². The minimum absolute atomic E-state index is 0.100. The van der Waals surface area contributed by atoms with E-state index in [1.54, 1.807) is 23.9 Å². The van der Waals surface area contributed by atoms with Crippen LogP contribution in [0.2, 0.25) is 0 Å². The maximum Gasteiger partial charge on any atom is 0.416 e. The van der Waals surface area contributed by atoms with Crippen molar-refractivity contribution in [1.82, 2.24) is 29.0 Å². The molecule has 5 rings (SSSR count). The number of halogens is 1. The highest BCUT2D eigenvalue weighted by atomic mass is 19.1. The molecule has 33 heavy (non-hydrogen) atoms. The highest BCUT2D eigenvalue weighted by Crippen LogP contribution is 2.29. The summed E-state index contributed by atoms with van der Waals surface area (Å²) in [4.78, 5) is 32.4. The number of aromatic nitrogens is 5. The molecule has 0 N–H and O–H groups in total. The third-order valence-electron chi connectivity index (χ3n) is 5.63. The van der Waals surface area contributed by atoms with Crippen LogP contribution in [-0.2, 0) is 29.6 Å². The lowest BCUT2D eigenvalue weighted by atomic mass is 10.2. The van der Waals surface area contributed by atoms with E-state index in [1.807, 2.05) is 0 Å². The van der Waals surface area contributed by atoms with Gasteiger partial charge in [-0.05, 0) is 24.3 Å². The fourth-order valence-corrected chi connectivity index (χ4v) is 3.93. The first-order valence-electron chi connectivity index (χ1n) is 10.7. The Hall–Kier alpha value is -3.51. The Labute approximate surface area is 187 Å². The summed E-state index contributed by atoms with van der Waals surface area (Å²) in [6.07, 6.45) is -0.563. The molecule has 0 atom stereocenters. The number of rotatable bonds is 3. The number of carbonyl (C=O) groups is 1. The van der Waals surface area contributed by atoms with Gasteiger partial charge in [-0.15, -0.1) is 0 Å². The van der Waals surface area contributed by atoms with Crippen molar-refractivity contribution in [3.8, 4) is 28.7 Å². The Balaban J connectivity index is 1.59. The summed E-state index contributed by atoms with van der Waals surface area (Å²) in [5.41, 5.74) is 0.382. The molecule has 0 radical (unpaired) electrons. The number of aryl methyl sites for hydroxylation is 1. The van der Waals surface area contributed by atoms with Gasteiger partial charge in [-0.2, -0.15) is 5.10 Å². The molecule has 1 fully saturated rings. The smallest absolute Gasteiger partial charge is 0.390 e. The Morgan fingerprint density at radius 1 is 1.00 bits per heavy atom. The van der Waals surface area contributed by atoms with Crippen molar-refractivity contribution < 1.29 is 23.4 Å². The third kappa shape index (κ3) is 4.02. The van der Waals surface area contributed by atoms with E-state index in [0.717, 1.165) is 0 Å². The molecule has 0 saturated carbocycles. The van der Waals surface area contributed by atoms with E-state index in [9.17, 15) is 14.0 Å². The lowest BCUT2D eigenvalue weighted by Gasteiger charge is -2.26. The number of morpholine rings is 1. The Morgan fingerprint density at radius 2 is 1.64 bits per heavy atom. The molecule has 0 spiro atoms. The Morgan fingerprint density at radius 3 is 2.33 bits per heavy atom. The van der Waals surface area contributed by atoms with Gasteiger partial charge in [0, 0.05) is 25.7 Å². The predicted octanol–water partition coefficient (Wildman–Crippen LogP) is 1.11. The van der Waals surface area contributed by atoms with Crippen molar-refractivity contribution in [3.05, 3.63) is 40.4 Å². The molecule has 1 aromatic carbocycles. The van der Waals surface area contributed by atoms with Crippen LogP contribution in [0, 0.1) is 5.82 Å². The summed E-state index contributed by atoms with van der Waals surface area (Å²) >= 11 is 0. The number of benzene rings is 1. The van der Waals surface area contributed by atoms with Gasteiger partial charge in [0.2, 0.25) is 5.88 Å². The van der Waals surface area contributed by atoms with Crippen molar-refractivity contribution >= 4 is 6.09 Å². The number of carbonyl (C=O) groups excluding carboxylic acids is 1. The van der Waals surface area contributed by atoms with Crippen LogP contribution in [0.1, 0.15) is 0 Å². The van der Waals surface area contributed by atoms with Crippen LogP contribution < -0.4 is 10.3 Å². The molecule has 1 amide bonds. The Kier molecular flexibility index (Phi) is 5.68. The van der Waals surface area contributed by atoms with Gasteiger partial charge < -0.3 is 19.1 Å². The maximum atomic E-state index is 13.4. The van der Waals surface area contributed by atoms with Crippen LogP contribution in [0.4, 0.5) is 9.18 Å². The van der Waals surface area contributed by atoms with E-state index in [2.05, 4.69) is 10.1 Å². The van der Waals surface area contributed by atoms with Crippen LogP contribution >= 0.6 is 0 Å². The Bertz CT molecular complexity index is 1230. The zero-order valence-corrected chi connectivity index (χ0v) is 18.1. The molecule has 174 valence electrons. The highest BCUT2D eigenvalue weighted by Gasteiger charge is 2.31. The molecule has 11 nitrogen and oxygen atoms in total. The molecule has 4 heterocycles. The summed E-state index contributed by atoms with van der Waals surface area (Å²) in [5.74, 6) is 0.303. The van der Waals surface area contributed by atoms with Gasteiger partial charge in [0.05, 0.1) is 39.5 Å². The second kappa shape index (κ2) is 8.79. The van der Waals surface area contributed by atoms with Gasteiger partial charge in [0.25, 0.3) is 5.56 Å². The van der Waals surface area contributed by atoms with Gasteiger partial charge in [-0.1, -0.05) is 0 Å². The first-order valence-corrected chi connectivity index (χ1v) is 10.7. The SMILES string of the molecule is Cn1nc(-c2ccc(F)cc2)nc1-c1c(OC(=O)N2CCOCC2)n2n(c1=O)CCOCC2. The van der Waals surface area contributed by atoms with Crippen molar-refractivity contribution in [1.29, 1.82) is 0 Å². The van der Waals surface area contributed by atoms with Gasteiger partial charge in [-0.25, -0.2) is 28.2 Å². The summed E-state index contributed by atoms with van der Waals surface area (Å²) in [7, 11) is 1.65. The fraction of sp³-hybridized carbons (Fsp3) is 0.429. The molecule has 3 aromatic rings. The zero-order chi connectivity index (χ0) is 22.9. The second-order valence-electron chi connectivity index (χ2n) is 7.70. The second-order valence-corrected chi connectivity index (χ2v) is 7.70. The van der Waals surface area contributed by atoms with Gasteiger partial charge >= 0.3 is 6.09 Å². The molecule has 12 heteroatoms. The summed E-state index contributed by atoms with van der Waals surface area (Å²) in [6, 6.07) is 5.76. The highest BCUT2D eigenvalue weighted by molar-refractivity contribution is 5.74. The van der Waals surface area contributed by atoms with Gasteiger partial charge in [0.1, 0.15) is 11.4 Å². The van der Waals surface area contributed by atoms with E-state index >= 15 is 0 Å². The molecular weight excluding hydrogens is 435 g/mol. The van der Waals surface area contributed by atoms with Crippen LogP contribution in [0.5, 0.6) is 5.88 Å². The topological polar surface area (TPSA) is 106 Å². The maximum absolute atomic E-state index is 13.4. The summed E-state index contributed by atoms with van der Waals surface area (Å²) in [6.45, 7) is 3.03. The molecule has 2 aliphatic rings. The minimum atomic E-state index is -0.563. The van der Waals surface area contributed by atoms with E-state index in [0.29, 0.717) is 64.0 Å². The average molecular weight is 458 g/mol. The fourth-order valence-electron chi connectivity index (χ4n) is 3.93. The lowest BCUT2D eigenvalue weighted by Crippen LogP contribution is -2.42. The molecule has 0 bridgehead atoms. The van der Waals surface area contributed by atoms with Crippen LogP contribution in [-0.4, -0.2) is 74.6 Å². The molecular formula is C21H23FN6O5. The normalized spacial score (nSPS) is 16.4. The largest absolute Gasteiger partial charge is 0.416 e. The summed E-state index contributed by atoms with van der Waals surface area (Å²) in [5, 5.41) is 4.40. The van der Waals surface area contributed by atoms with Crippen LogP contribution in [0.15, 0.2) is 29.1 Å². The quantitative estimate of drug-likeness (QED) is 0.579. The first-order chi connectivity index (χ1) is 16.0. The van der Waals surface area contributed by atoms with E-state index in [1.165, 1.54) is 26.4 Å². The van der Waals surface area contributed by atoms with Gasteiger partial charge in [0.15, 0.2) is 11.6 Å². The average Bonchev–Trinajstić information content (AvgIpc) is 3.19. The summed E-state index contributed by atoms with van der Waals surface area (Å²) < 4.78 is 34.5. The molecule has 2 aliphatic heterocycles. The standard InChI is InChI=1S/C21H23FN6O5/c1-25-18(23-17(24-25)14-2-4-15(22)5-3-14)16-19(29)27-8-12-32-13-9-28(27)20(16)33-21(30)26-6-10-31-11-7-26/h2-5H,6-13H2,1H3. The van der Waals surface area contributed by atoms with E-state index in [-0.39, 0.29) is 28.6 Å². The first kappa shape index (κ1) is 21.3. The molecule has 0 aliphatic carbocycles. The van der Waals surface area contributed by atoms with Crippen molar-refractivity contribution in [2.24, 2.45) is 7.05 Å². The molecule has 2 aromatic heterocycles. The number of nitrogens with zero attached hydrogens (tertiary/aromatic N) is 6. The van der Waals surface area contributed by atoms with Crippen LogP contribution in [0.25, 0.3) is 22.8 Å². The predicted molar refractivity (Wildman–Crippen MR) is 113 cm³/mol. The third-order valence-corrected chi connectivity index (χ3v) is 5.63. The zero-order valence-electron chi connectivity index (χ0n) is 18.1. The number of hydrogen-bond acceptors (Lipinski definition) is 7. The lowest BCUT2D eigenvalue weighted by molar-refractivity contribution is 0.0405. The van der Waals surface area contributed by atoms with E-state index < -0.39 is 6.09 Å². The van der Waals surface area contributed by atoms with E-state index in [4.69, 9.17) is 14.2 Å². The van der Waals surface area contributed by atoms with Crippen molar-refractivity contribution in [2.45, 2.75) is 13.1 Å². The number of hydrogen-bond donors (Lipinski definition) is 0. The number of ether oxygens (including phenoxy) is 3. The minimum Gasteiger partial charge on any atom is -0.390 e.